The van der Waals surface area contributed by atoms with Crippen LogP contribution in [0.3, 0.4) is 0 Å². The maximum atomic E-state index is 5.88. The van der Waals surface area contributed by atoms with Crippen molar-refractivity contribution in [2.45, 2.75) is 53.0 Å². The molecule has 0 amide bonds. The highest BCUT2D eigenvalue weighted by atomic mass is 15.2. The molecule has 0 aliphatic heterocycles. The molecular formula is C15H27N3. The van der Waals surface area contributed by atoms with Crippen molar-refractivity contribution in [2.75, 3.05) is 18.0 Å². The van der Waals surface area contributed by atoms with Gasteiger partial charge in [-0.3, -0.25) is 0 Å². The summed E-state index contributed by atoms with van der Waals surface area (Å²) in [5.74, 6) is 1.10. The number of rotatable bonds is 8. The van der Waals surface area contributed by atoms with E-state index in [-0.39, 0.29) is 0 Å². The Bertz CT molecular complexity index is 342. The molecule has 1 heterocycles. The van der Waals surface area contributed by atoms with Crippen LogP contribution in [0, 0.1) is 6.92 Å². The zero-order valence-electron chi connectivity index (χ0n) is 12.1. The number of pyridine rings is 1. The summed E-state index contributed by atoms with van der Waals surface area (Å²) in [4.78, 5) is 6.97. The van der Waals surface area contributed by atoms with Crippen molar-refractivity contribution in [3.8, 4) is 0 Å². The highest BCUT2D eigenvalue weighted by molar-refractivity contribution is 5.50. The van der Waals surface area contributed by atoms with Crippen LogP contribution in [0.5, 0.6) is 0 Å². The topological polar surface area (TPSA) is 42.2 Å². The summed E-state index contributed by atoms with van der Waals surface area (Å²) in [6.07, 6.45) is 6.75. The first-order chi connectivity index (χ1) is 8.74. The molecule has 0 bridgehead atoms. The van der Waals surface area contributed by atoms with E-state index in [1.54, 1.807) is 0 Å². The molecule has 2 N–H and O–H groups in total. The molecular weight excluding hydrogens is 222 g/mol. The molecule has 0 aliphatic carbocycles. The van der Waals surface area contributed by atoms with E-state index in [9.17, 15) is 0 Å². The second-order valence-electron chi connectivity index (χ2n) is 4.83. The largest absolute Gasteiger partial charge is 0.356 e. The summed E-state index contributed by atoms with van der Waals surface area (Å²) in [5, 5.41) is 0. The molecule has 1 aromatic rings. The Morgan fingerprint density at radius 2 is 1.78 bits per heavy atom. The van der Waals surface area contributed by atoms with E-state index < -0.39 is 0 Å². The average molecular weight is 249 g/mol. The Labute approximate surface area is 111 Å². The van der Waals surface area contributed by atoms with Crippen LogP contribution in [0.25, 0.3) is 0 Å². The van der Waals surface area contributed by atoms with Gasteiger partial charge in [-0.05, 0) is 31.4 Å². The van der Waals surface area contributed by atoms with Crippen LogP contribution in [-0.4, -0.2) is 18.1 Å². The van der Waals surface area contributed by atoms with Crippen LogP contribution < -0.4 is 10.6 Å². The molecule has 3 nitrogen and oxygen atoms in total. The minimum absolute atomic E-state index is 0.573. The number of anilines is 1. The van der Waals surface area contributed by atoms with E-state index in [0.29, 0.717) is 6.54 Å². The minimum Gasteiger partial charge on any atom is -0.356 e. The predicted octanol–water partition coefficient (Wildman–Crippen LogP) is 3.26. The second kappa shape index (κ2) is 8.09. The van der Waals surface area contributed by atoms with Gasteiger partial charge in [0.05, 0.1) is 0 Å². The van der Waals surface area contributed by atoms with E-state index in [0.717, 1.165) is 18.9 Å². The van der Waals surface area contributed by atoms with Crippen LogP contribution in [0.2, 0.25) is 0 Å². The van der Waals surface area contributed by atoms with Gasteiger partial charge in [0.2, 0.25) is 0 Å². The number of aryl methyl sites for hydroxylation is 1. The summed E-state index contributed by atoms with van der Waals surface area (Å²) in [5.41, 5.74) is 8.33. The molecule has 1 rings (SSSR count). The molecule has 0 aliphatic rings. The number of aromatic nitrogens is 1. The number of nitrogens with zero attached hydrogens (tertiary/aromatic N) is 2. The zero-order chi connectivity index (χ0) is 13.4. The molecule has 0 saturated heterocycles. The minimum atomic E-state index is 0.573. The van der Waals surface area contributed by atoms with E-state index >= 15 is 0 Å². The second-order valence-corrected chi connectivity index (χ2v) is 4.83. The standard InChI is InChI=1S/C15H27N3/c1-4-6-10-18(11-7-5-2)15-14(12-16)13(3)8-9-17-15/h8-9H,4-7,10-12,16H2,1-3H3. The first kappa shape index (κ1) is 15.0. The normalized spacial score (nSPS) is 10.7. The Kier molecular flexibility index (Phi) is 6.73. The fourth-order valence-corrected chi connectivity index (χ4v) is 2.12. The fraction of sp³-hybridized carbons (Fsp3) is 0.667. The van der Waals surface area contributed by atoms with Crippen LogP contribution in [-0.2, 0) is 6.54 Å². The van der Waals surface area contributed by atoms with Gasteiger partial charge in [-0.15, -0.1) is 0 Å². The Morgan fingerprint density at radius 3 is 2.28 bits per heavy atom. The zero-order valence-corrected chi connectivity index (χ0v) is 12.1. The van der Waals surface area contributed by atoms with Gasteiger partial charge in [-0.1, -0.05) is 26.7 Å². The molecule has 0 unspecified atom stereocenters. The number of nitrogens with two attached hydrogens (primary N) is 1. The molecule has 0 saturated carbocycles. The lowest BCUT2D eigenvalue weighted by Crippen LogP contribution is -2.28. The summed E-state index contributed by atoms with van der Waals surface area (Å²) >= 11 is 0. The van der Waals surface area contributed by atoms with Crippen molar-refractivity contribution in [2.24, 2.45) is 5.73 Å². The third-order valence-electron chi connectivity index (χ3n) is 3.33. The summed E-state index contributed by atoms with van der Waals surface area (Å²) in [6.45, 7) is 9.31. The lowest BCUT2D eigenvalue weighted by Gasteiger charge is -2.26. The average Bonchev–Trinajstić information content (AvgIpc) is 2.39. The SMILES string of the molecule is CCCCN(CCCC)c1nccc(C)c1CN. The monoisotopic (exact) mass is 249 g/mol. The van der Waals surface area contributed by atoms with Crippen molar-refractivity contribution in [3.63, 3.8) is 0 Å². The highest BCUT2D eigenvalue weighted by Crippen LogP contribution is 2.21. The van der Waals surface area contributed by atoms with Gasteiger partial charge >= 0.3 is 0 Å². The molecule has 0 fully saturated rings. The van der Waals surface area contributed by atoms with E-state index in [1.165, 1.54) is 36.8 Å². The molecule has 18 heavy (non-hydrogen) atoms. The van der Waals surface area contributed by atoms with Crippen LogP contribution >= 0.6 is 0 Å². The van der Waals surface area contributed by atoms with E-state index in [2.05, 4.69) is 30.7 Å². The first-order valence-electron chi connectivity index (χ1n) is 7.14. The molecule has 102 valence electrons. The smallest absolute Gasteiger partial charge is 0.133 e. The van der Waals surface area contributed by atoms with Crippen LogP contribution in [0.15, 0.2) is 12.3 Å². The molecule has 3 heteroatoms. The number of hydrogen-bond donors (Lipinski definition) is 1. The van der Waals surface area contributed by atoms with Gasteiger partial charge < -0.3 is 10.6 Å². The highest BCUT2D eigenvalue weighted by Gasteiger charge is 2.12. The molecule has 1 aromatic heterocycles. The first-order valence-corrected chi connectivity index (χ1v) is 7.14. The van der Waals surface area contributed by atoms with Gasteiger partial charge in [-0.2, -0.15) is 0 Å². The van der Waals surface area contributed by atoms with Gasteiger partial charge in [-0.25, -0.2) is 4.98 Å². The van der Waals surface area contributed by atoms with Gasteiger partial charge in [0.1, 0.15) is 5.82 Å². The van der Waals surface area contributed by atoms with Crippen molar-refractivity contribution < 1.29 is 0 Å². The maximum Gasteiger partial charge on any atom is 0.133 e. The molecule has 0 spiro atoms. The predicted molar refractivity (Wildman–Crippen MR) is 78.9 cm³/mol. The van der Waals surface area contributed by atoms with Crippen LogP contribution in [0.1, 0.15) is 50.7 Å². The van der Waals surface area contributed by atoms with Crippen molar-refractivity contribution in [1.29, 1.82) is 0 Å². The Morgan fingerprint density at radius 1 is 1.17 bits per heavy atom. The summed E-state index contributed by atoms with van der Waals surface area (Å²) in [6, 6.07) is 2.05. The van der Waals surface area contributed by atoms with Crippen molar-refractivity contribution >= 4 is 5.82 Å². The fourth-order valence-electron chi connectivity index (χ4n) is 2.12. The molecule has 0 radical (unpaired) electrons. The van der Waals surface area contributed by atoms with Gasteiger partial charge in [0, 0.05) is 31.4 Å². The van der Waals surface area contributed by atoms with Crippen molar-refractivity contribution in [1.82, 2.24) is 4.98 Å². The van der Waals surface area contributed by atoms with E-state index in [1.807, 2.05) is 12.3 Å². The summed E-state index contributed by atoms with van der Waals surface area (Å²) < 4.78 is 0. The van der Waals surface area contributed by atoms with Gasteiger partial charge in [0.25, 0.3) is 0 Å². The maximum absolute atomic E-state index is 5.88. The molecule has 0 aromatic carbocycles. The summed E-state index contributed by atoms with van der Waals surface area (Å²) in [7, 11) is 0. The third kappa shape index (κ3) is 3.98. The lowest BCUT2D eigenvalue weighted by molar-refractivity contribution is 0.667. The third-order valence-corrected chi connectivity index (χ3v) is 3.33. The van der Waals surface area contributed by atoms with Crippen LogP contribution in [0.4, 0.5) is 5.82 Å². The van der Waals surface area contributed by atoms with Crippen molar-refractivity contribution in [3.05, 3.63) is 23.4 Å². The Hall–Kier alpha value is -1.09. The number of hydrogen-bond acceptors (Lipinski definition) is 3. The van der Waals surface area contributed by atoms with Gasteiger partial charge in [0.15, 0.2) is 0 Å². The van der Waals surface area contributed by atoms with E-state index in [4.69, 9.17) is 5.73 Å². The Balaban J connectivity index is 2.91. The molecule has 0 atom stereocenters. The quantitative estimate of drug-likeness (QED) is 0.769. The number of unbranched alkanes of at least 4 members (excludes halogenated alkanes) is 2. The lowest BCUT2D eigenvalue weighted by atomic mass is 10.1.